The van der Waals surface area contributed by atoms with Gasteiger partial charge in [-0.15, -0.1) is 0 Å². The van der Waals surface area contributed by atoms with Crippen molar-refractivity contribution in [2.24, 2.45) is 0 Å². The molecule has 0 aromatic carbocycles. The maximum absolute atomic E-state index is 13.4. The molecule has 0 spiro atoms. The minimum atomic E-state index is -8.89. The van der Waals surface area contributed by atoms with Crippen LogP contribution >= 0.6 is 0 Å². The predicted octanol–water partition coefficient (Wildman–Crippen LogP) is 7.59. The van der Waals surface area contributed by atoms with Gasteiger partial charge < -0.3 is 9.04 Å². The molecule has 0 radical (unpaired) electrons. The highest BCUT2D eigenvalue weighted by atomic mass is 32.2. The first-order chi connectivity index (χ1) is 18.2. The van der Waals surface area contributed by atoms with Crippen molar-refractivity contribution < 1.29 is 92.1 Å². The summed E-state index contributed by atoms with van der Waals surface area (Å²) in [5.74, 6) is -58.7. The van der Waals surface area contributed by atoms with E-state index < -0.39 is 75.8 Å². The molecule has 256 valence electrons. The summed E-state index contributed by atoms with van der Waals surface area (Å²) in [4.78, 5) is 0. The van der Waals surface area contributed by atoms with Gasteiger partial charge >= 0.3 is 46.7 Å². The molecule has 0 aliphatic carbocycles. The number of alkyl halides is 17. The second kappa shape index (κ2) is 13.0. The highest BCUT2D eigenvalue weighted by Gasteiger charge is 2.95. The van der Waals surface area contributed by atoms with E-state index in [2.05, 4.69) is 27.7 Å². The SMILES string of the molecule is CCCC(F)C(F)(F)C(F)(F)C(F)(F)C(F)(F)C(F)(F)C(F)(F)C(F)(F)C(F)(F)S(=O)(=O)[O-].CC[N+](CC)(CC)CC. The van der Waals surface area contributed by atoms with Crippen molar-refractivity contribution in [1.82, 2.24) is 0 Å². The van der Waals surface area contributed by atoms with Crippen LogP contribution in [0.25, 0.3) is 0 Å². The van der Waals surface area contributed by atoms with Gasteiger partial charge in [0.25, 0.3) is 0 Å². The average Bonchev–Trinajstić information content (AvgIpc) is 2.84. The summed E-state index contributed by atoms with van der Waals surface area (Å²) >= 11 is 0. The van der Waals surface area contributed by atoms with Gasteiger partial charge in [-0.2, -0.15) is 70.2 Å². The molecule has 0 bridgehead atoms. The normalized spacial score (nSPS) is 16.2. The Morgan fingerprint density at radius 2 is 0.810 bits per heavy atom. The molecule has 0 fully saturated rings. The molecule has 4 nitrogen and oxygen atoms in total. The van der Waals surface area contributed by atoms with Gasteiger partial charge in [0.1, 0.15) is 0 Å². The summed E-state index contributed by atoms with van der Waals surface area (Å²) in [5, 5.41) is -7.95. The number of quaternary nitrogens is 1. The first-order valence-corrected chi connectivity index (χ1v) is 13.1. The maximum atomic E-state index is 13.4. The Labute approximate surface area is 229 Å². The fourth-order valence-electron chi connectivity index (χ4n) is 3.31. The highest BCUT2D eigenvalue weighted by molar-refractivity contribution is 7.86. The second-order valence-corrected chi connectivity index (χ2v) is 10.3. The van der Waals surface area contributed by atoms with Crippen molar-refractivity contribution in [2.45, 2.75) is 100 Å². The van der Waals surface area contributed by atoms with Gasteiger partial charge in [-0.1, -0.05) is 13.3 Å². The number of nitrogens with zero attached hydrogens (tertiary/aromatic N) is 1. The van der Waals surface area contributed by atoms with Crippen LogP contribution in [0.3, 0.4) is 0 Å². The smallest absolute Gasteiger partial charge is 0.402 e. The fraction of sp³-hybridized carbons (Fsp3) is 1.00. The topological polar surface area (TPSA) is 57.2 Å². The molecule has 0 saturated carbocycles. The van der Waals surface area contributed by atoms with Gasteiger partial charge in [-0.3, -0.25) is 0 Å². The molecular weight excluding hydrogens is 657 g/mol. The van der Waals surface area contributed by atoms with Gasteiger partial charge in [0, 0.05) is 0 Å². The Hall–Kier alpha value is -1.32. The van der Waals surface area contributed by atoms with Gasteiger partial charge in [0.05, 0.1) is 26.2 Å². The predicted molar refractivity (Wildman–Crippen MR) is 112 cm³/mol. The first kappa shape index (κ1) is 42.8. The van der Waals surface area contributed by atoms with Crippen LogP contribution < -0.4 is 0 Å². The summed E-state index contributed by atoms with van der Waals surface area (Å²) in [7, 11) is -8.15. The van der Waals surface area contributed by atoms with Crippen molar-refractivity contribution in [3.05, 3.63) is 0 Å². The lowest BCUT2D eigenvalue weighted by Gasteiger charge is -2.44. The minimum Gasteiger partial charge on any atom is -0.743 e. The maximum Gasteiger partial charge on any atom is 0.402 e. The van der Waals surface area contributed by atoms with Crippen molar-refractivity contribution in [3.8, 4) is 0 Å². The van der Waals surface area contributed by atoms with Gasteiger partial charge in [0.2, 0.25) is 0 Å². The molecule has 0 aromatic heterocycles. The molecular formula is C20H28F17NO3S. The molecule has 42 heavy (non-hydrogen) atoms. The molecule has 0 heterocycles. The minimum absolute atomic E-state index is 0.731. The average molecular weight is 685 g/mol. The Balaban J connectivity index is 0. The monoisotopic (exact) mass is 685 g/mol. The molecule has 1 atom stereocenters. The Morgan fingerprint density at radius 3 is 1.02 bits per heavy atom. The van der Waals surface area contributed by atoms with E-state index in [0.29, 0.717) is 0 Å². The van der Waals surface area contributed by atoms with Crippen LogP contribution in [0.2, 0.25) is 0 Å². The lowest BCUT2D eigenvalue weighted by atomic mass is 9.87. The fourth-order valence-corrected chi connectivity index (χ4v) is 3.75. The quantitative estimate of drug-likeness (QED) is 0.101. The molecule has 0 rings (SSSR count). The Kier molecular flexibility index (Phi) is 13.2. The molecule has 1 unspecified atom stereocenters. The summed E-state index contributed by atoms with van der Waals surface area (Å²) in [6, 6.07) is 0. The van der Waals surface area contributed by atoms with Crippen molar-refractivity contribution in [3.63, 3.8) is 0 Å². The molecule has 0 aromatic rings. The highest BCUT2D eigenvalue weighted by Crippen LogP contribution is 2.64. The summed E-state index contributed by atoms with van der Waals surface area (Å²) in [6.45, 7) is 15.0. The molecule has 22 heteroatoms. The van der Waals surface area contributed by atoms with Gasteiger partial charge in [-0.05, 0) is 34.1 Å². The third-order valence-electron chi connectivity index (χ3n) is 6.69. The van der Waals surface area contributed by atoms with E-state index >= 15 is 0 Å². The lowest BCUT2D eigenvalue weighted by molar-refractivity contribution is -0.921. The number of hydrogen-bond acceptors (Lipinski definition) is 3. The molecule has 0 N–H and O–H groups in total. The van der Waals surface area contributed by atoms with Crippen LogP contribution in [0.15, 0.2) is 0 Å². The van der Waals surface area contributed by atoms with E-state index in [4.69, 9.17) is 0 Å². The van der Waals surface area contributed by atoms with E-state index in [1.54, 1.807) is 0 Å². The summed E-state index contributed by atoms with van der Waals surface area (Å²) < 4.78 is 257. The van der Waals surface area contributed by atoms with Crippen molar-refractivity contribution in [1.29, 1.82) is 0 Å². The van der Waals surface area contributed by atoms with E-state index in [9.17, 15) is 87.6 Å². The third kappa shape index (κ3) is 6.53. The van der Waals surface area contributed by atoms with Crippen molar-refractivity contribution >= 4 is 10.1 Å². The zero-order valence-corrected chi connectivity index (χ0v) is 23.1. The zero-order chi connectivity index (χ0) is 34.8. The summed E-state index contributed by atoms with van der Waals surface area (Å²) in [5.41, 5.74) is 0. The summed E-state index contributed by atoms with van der Waals surface area (Å²) in [6.07, 6.45) is -7.25. The van der Waals surface area contributed by atoms with E-state index in [-0.39, 0.29) is 0 Å². The largest absolute Gasteiger partial charge is 0.743 e. The van der Waals surface area contributed by atoms with E-state index in [0.717, 1.165) is 6.92 Å². The van der Waals surface area contributed by atoms with Crippen LogP contribution in [-0.2, 0) is 10.1 Å². The van der Waals surface area contributed by atoms with Crippen LogP contribution in [0, 0.1) is 0 Å². The Morgan fingerprint density at radius 1 is 0.548 bits per heavy atom. The molecule has 0 amide bonds. The zero-order valence-electron chi connectivity index (χ0n) is 22.3. The van der Waals surface area contributed by atoms with Crippen LogP contribution in [-0.4, -0.2) is 96.5 Å². The van der Waals surface area contributed by atoms with Crippen molar-refractivity contribution in [2.75, 3.05) is 26.2 Å². The van der Waals surface area contributed by atoms with Gasteiger partial charge in [-0.25, -0.2) is 12.8 Å². The first-order valence-electron chi connectivity index (χ1n) is 11.7. The second-order valence-electron chi connectivity index (χ2n) is 8.90. The molecule has 0 saturated heterocycles. The van der Waals surface area contributed by atoms with Crippen LogP contribution in [0.1, 0.15) is 47.5 Å². The lowest BCUT2D eigenvalue weighted by Crippen LogP contribution is -2.75. The molecule has 0 aliphatic heterocycles. The van der Waals surface area contributed by atoms with Gasteiger partial charge in [0.15, 0.2) is 16.3 Å². The Bertz CT molecular complexity index is 965. The standard InChI is InChI=1S/C12H9F17O3S.C8H20N/c1-2-3-4(13)5(14,15)6(16,17)7(18,19)8(20,21)9(22,23)10(24,25)11(26,27)12(28,29)33(30,31)32;1-5-9(6-2,7-3)8-4/h4H,2-3H2,1H3,(H,30,31,32);5-8H2,1-4H3/q;+1/p-1. The van der Waals surface area contributed by atoms with Crippen LogP contribution in [0.4, 0.5) is 74.6 Å². The molecule has 0 aliphatic rings. The number of halogens is 17. The third-order valence-corrected chi connectivity index (χ3v) is 7.57. The number of hydrogen-bond donors (Lipinski definition) is 0. The number of rotatable bonds is 15. The van der Waals surface area contributed by atoms with Crippen LogP contribution in [0.5, 0.6) is 0 Å². The van der Waals surface area contributed by atoms with E-state index in [1.807, 2.05) is 0 Å². The van der Waals surface area contributed by atoms with E-state index in [1.165, 1.54) is 30.7 Å².